The lowest BCUT2D eigenvalue weighted by Gasteiger charge is -2.16. The molecule has 1 saturated heterocycles. The van der Waals surface area contributed by atoms with Crippen LogP contribution in [0.15, 0.2) is 30.5 Å². The zero-order valence-electron chi connectivity index (χ0n) is 13.1. The van der Waals surface area contributed by atoms with E-state index >= 15 is 0 Å². The van der Waals surface area contributed by atoms with Crippen LogP contribution in [0.25, 0.3) is 11.3 Å². The minimum atomic E-state index is -0.0199. The van der Waals surface area contributed by atoms with Crippen LogP contribution in [0.4, 0.5) is 0 Å². The van der Waals surface area contributed by atoms with Crippen molar-refractivity contribution in [2.75, 3.05) is 19.7 Å². The average Bonchev–Trinajstić information content (AvgIpc) is 3.14. The summed E-state index contributed by atoms with van der Waals surface area (Å²) >= 11 is 6.27. The predicted molar refractivity (Wildman–Crippen MR) is 89.4 cm³/mol. The number of hydrogen-bond acceptors (Lipinski definition) is 3. The van der Waals surface area contributed by atoms with Crippen LogP contribution in [0.1, 0.15) is 23.2 Å². The Bertz CT molecular complexity index is 714. The lowest BCUT2D eigenvalue weighted by Crippen LogP contribution is -2.29. The Labute approximate surface area is 140 Å². The number of nitrogens with zero attached hydrogens (tertiary/aromatic N) is 3. The highest BCUT2D eigenvalue weighted by Gasteiger charge is 2.29. The van der Waals surface area contributed by atoms with Crippen molar-refractivity contribution >= 4 is 17.5 Å². The van der Waals surface area contributed by atoms with E-state index in [1.54, 1.807) is 24.0 Å². The molecule has 1 aromatic heterocycles. The maximum atomic E-state index is 12.9. The van der Waals surface area contributed by atoms with Crippen LogP contribution < -0.4 is 0 Å². The Kier molecular flexibility index (Phi) is 4.68. The Balaban J connectivity index is 1.89. The van der Waals surface area contributed by atoms with Crippen LogP contribution in [0.3, 0.4) is 0 Å². The van der Waals surface area contributed by atoms with Gasteiger partial charge in [-0.05, 0) is 24.8 Å². The van der Waals surface area contributed by atoms with Gasteiger partial charge in [-0.2, -0.15) is 5.10 Å². The van der Waals surface area contributed by atoms with Crippen LogP contribution in [-0.2, 0) is 7.05 Å². The highest BCUT2D eigenvalue weighted by Crippen LogP contribution is 2.30. The summed E-state index contributed by atoms with van der Waals surface area (Å²) in [5.41, 5.74) is 1.96. The summed E-state index contributed by atoms with van der Waals surface area (Å²) < 4.78 is 1.65. The molecular formula is C17H20ClN3O2. The summed E-state index contributed by atoms with van der Waals surface area (Å²) in [7, 11) is 1.80. The molecule has 0 bridgehead atoms. The van der Waals surface area contributed by atoms with Gasteiger partial charge in [0.2, 0.25) is 0 Å². The van der Waals surface area contributed by atoms with Gasteiger partial charge in [-0.25, -0.2) is 0 Å². The molecule has 3 rings (SSSR count). The normalized spacial score (nSPS) is 17.7. The lowest BCUT2D eigenvalue weighted by atomic mass is 10.1. The number of aryl methyl sites for hydroxylation is 1. The van der Waals surface area contributed by atoms with Crippen LogP contribution in [0.2, 0.25) is 5.02 Å². The van der Waals surface area contributed by atoms with Crippen LogP contribution >= 0.6 is 11.6 Å². The number of aromatic nitrogens is 2. The van der Waals surface area contributed by atoms with Gasteiger partial charge in [0, 0.05) is 38.5 Å². The Morgan fingerprint density at radius 2 is 2.22 bits per heavy atom. The average molecular weight is 334 g/mol. The highest BCUT2D eigenvalue weighted by atomic mass is 35.5. The van der Waals surface area contributed by atoms with Gasteiger partial charge in [-0.3, -0.25) is 9.48 Å². The van der Waals surface area contributed by atoms with E-state index < -0.39 is 0 Å². The van der Waals surface area contributed by atoms with E-state index in [0.29, 0.717) is 28.7 Å². The zero-order valence-corrected chi connectivity index (χ0v) is 13.8. The molecular weight excluding hydrogens is 314 g/mol. The summed E-state index contributed by atoms with van der Waals surface area (Å²) in [6, 6.07) is 7.42. The van der Waals surface area contributed by atoms with Crippen molar-refractivity contribution in [3.05, 3.63) is 41.0 Å². The SMILES string of the molecule is Cn1cc(C(=O)N2CC[C@H](CCO)C2)c(-c2ccccc2Cl)n1. The van der Waals surface area contributed by atoms with Gasteiger partial charge in [-0.1, -0.05) is 29.8 Å². The largest absolute Gasteiger partial charge is 0.396 e. The first-order valence-corrected chi connectivity index (χ1v) is 8.16. The van der Waals surface area contributed by atoms with E-state index in [9.17, 15) is 4.79 Å². The van der Waals surface area contributed by atoms with E-state index in [1.165, 1.54) is 0 Å². The Hall–Kier alpha value is -1.85. The number of hydrogen-bond donors (Lipinski definition) is 1. The lowest BCUT2D eigenvalue weighted by molar-refractivity contribution is 0.0785. The van der Waals surface area contributed by atoms with Crippen molar-refractivity contribution in [3.63, 3.8) is 0 Å². The zero-order chi connectivity index (χ0) is 16.4. The van der Waals surface area contributed by atoms with Gasteiger partial charge < -0.3 is 10.0 Å². The smallest absolute Gasteiger partial charge is 0.257 e. The molecule has 23 heavy (non-hydrogen) atoms. The topological polar surface area (TPSA) is 58.4 Å². The molecule has 1 fully saturated rings. The van der Waals surface area contributed by atoms with Crippen molar-refractivity contribution in [2.24, 2.45) is 13.0 Å². The molecule has 1 aliphatic rings. The number of rotatable bonds is 4. The first-order valence-electron chi connectivity index (χ1n) is 7.79. The van der Waals surface area contributed by atoms with Crippen LogP contribution in [-0.4, -0.2) is 45.4 Å². The van der Waals surface area contributed by atoms with Gasteiger partial charge in [0.05, 0.1) is 10.6 Å². The highest BCUT2D eigenvalue weighted by molar-refractivity contribution is 6.33. The Morgan fingerprint density at radius 1 is 1.43 bits per heavy atom. The molecule has 0 aliphatic carbocycles. The standard InChI is InChI=1S/C17H20ClN3O2/c1-20-11-14(16(19-20)13-4-2-3-5-15(13)18)17(23)21-8-6-12(10-21)7-9-22/h2-5,11-12,22H,6-10H2,1H3/t12-/m1/s1. The van der Waals surface area contributed by atoms with Crippen molar-refractivity contribution in [3.8, 4) is 11.3 Å². The summed E-state index contributed by atoms with van der Waals surface area (Å²) in [5, 5.41) is 14.1. The molecule has 122 valence electrons. The summed E-state index contributed by atoms with van der Waals surface area (Å²) in [5.74, 6) is 0.359. The van der Waals surface area contributed by atoms with Crippen molar-refractivity contribution in [1.29, 1.82) is 0 Å². The predicted octanol–water partition coefficient (Wildman–Crippen LogP) is 2.59. The first kappa shape index (κ1) is 16.0. The molecule has 2 aromatic rings. The van der Waals surface area contributed by atoms with E-state index in [0.717, 1.165) is 24.9 Å². The molecule has 1 aliphatic heterocycles. The number of aliphatic hydroxyl groups excluding tert-OH is 1. The molecule has 1 amide bonds. The maximum absolute atomic E-state index is 12.9. The fourth-order valence-electron chi connectivity index (χ4n) is 3.10. The van der Waals surface area contributed by atoms with Crippen molar-refractivity contribution in [1.82, 2.24) is 14.7 Å². The molecule has 1 N–H and O–H groups in total. The van der Waals surface area contributed by atoms with Gasteiger partial charge in [0.1, 0.15) is 5.69 Å². The minimum absolute atomic E-state index is 0.0199. The minimum Gasteiger partial charge on any atom is -0.396 e. The molecule has 0 spiro atoms. The number of aliphatic hydroxyl groups is 1. The number of halogens is 1. The van der Waals surface area contributed by atoms with Crippen molar-refractivity contribution < 1.29 is 9.90 Å². The molecule has 1 atom stereocenters. The number of carbonyl (C=O) groups excluding carboxylic acids is 1. The second-order valence-corrected chi connectivity index (χ2v) is 6.37. The quantitative estimate of drug-likeness (QED) is 0.935. The third-order valence-corrected chi connectivity index (χ3v) is 4.63. The van der Waals surface area contributed by atoms with E-state index in [1.807, 2.05) is 23.1 Å². The number of carbonyl (C=O) groups is 1. The van der Waals surface area contributed by atoms with E-state index in [-0.39, 0.29) is 12.5 Å². The summed E-state index contributed by atoms with van der Waals surface area (Å²) in [4.78, 5) is 14.7. The maximum Gasteiger partial charge on any atom is 0.257 e. The van der Waals surface area contributed by atoms with Gasteiger partial charge in [0.15, 0.2) is 0 Å². The second-order valence-electron chi connectivity index (χ2n) is 5.96. The van der Waals surface area contributed by atoms with Gasteiger partial charge in [0.25, 0.3) is 5.91 Å². The third kappa shape index (κ3) is 3.26. The van der Waals surface area contributed by atoms with Gasteiger partial charge in [-0.15, -0.1) is 0 Å². The molecule has 6 heteroatoms. The van der Waals surface area contributed by atoms with Crippen molar-refractivity contribution in [2.45, 2.75) is 12.8 Å². The van der Waals surface area contributed by atoms with Gasteiger partial charge >= 0.3 is 0 Å². The number of benzene rings is 1. The third-order valence-electron chi connectivity index (χ3n) is 4.30. The number of likely N-dealkylation sites (tertiary alicyclic amines) is 1. The first-order chi connectivity index (χ1) is 11.1. The van der Waals surface area contributed by atoms with Crippen LogP contribution in [0.5, 0.6) is 0 Å². The second kappa shape index (κ2) is 6.72. The molecule has 0 unspecified atom stereocenters. The molecule has 0 radical (unpaired) electrons. The number of amides is 1. The summed E-state index contributed by atoms with van der Waals surface area (Å²) in [6.45, 7) is 1.58. The molecule has 1 aromatic carbocycles. The molecule has 2 heterocycles. The Morgan fingerprint density at radius 3 is 2.96 bits per heavy atom. The fraction of sp³-hybridized carbons (Fsp3) is 0.412. The molecule has 0 saturated carbocycles. The molecule has 5 nitrogen and oxygen atoms in total. The monoisotopic (exact) mass is 333 g/mol. The summed E-state index contributed by atoms with van der Waals surface area (Å²) in [6.07, 6.45) is 3.43. The van der Waals surface area contributed by atoms with E-state index in [4.69, 9.17) is 16.7 Å². The fourth-order valence-corrected chi connectivity index (χ4v) is 3.33. The van der Waals surface area contributed by atoms with Crippen LogP contribution in [0, 0.1) is 5.92 Å². The van der Waals surface area contributed by atoms with E-state index in [2.05, 4.69) is 5.10 Å².